The third kappa shape index (κ3) is 4.14. The minimum atomic E-state index is -0.338. The average Bonchev–Trinajstić information content (AvgIpc) is 2.49. The van der Waals surface area contributed by atoms with E-state index in [4.69, 9.17) is 9.47 Å². The first-order valence-corrected chi connectivity index (χ1v) is 6.67. The first kappa shape index (κ1) is 14.7. The summed E-state index contributed by atoms with van der Waals surface area (Å²) in [6.07, 6.45) is 0. The summed E-state index contributed by atoms with van der Waals surface area (Å²) in [4.78, 5) is 12.0. The number of hydrogen-bond acceptors (Lipinski definition) is 3. The zero-order valence-electron chi connectivity index (χ0n) is 12.1. The van der Waals surface area contributed by atoms with Crippen LogP contribution in [0.1, 0.15) is 6.92 Å². The molecule has 0 atom stereocenters. The smallest absolute Gasteiger partial charge is 0.323 e. The van der Waals surface area contributed by atoms with Crippen LogP contribution >= 0.6 is 0 Å². The molecular weight excluding hydrogens is 268 g/mol. The van der Waals surface area contributed by atoms with Crippen molar-refractivity contribution in [3.05, 3.63) is 48.5 Å². The number of carbonyl (C=O) groups excluding carboxylic acids is 1. The van der Waals surface area contributed by atoms with Crippen LogP contribution in [0.5, 0.6) is 11.5 Å². The van der Waals surface area contributed by atoms with Gasteiger partial charge in [0.2, 0.25) is 0 Å². The summed E-state index contributed by atoms with van der Waals surface area (Å²) < 4.78 is 10.6. The van der Waals surface area contributed by atoms with Gasteiger partial charge >= 0.3 is 6.03 Å². The maximum atomic E-state index is 12.0. The van der Waals surface area contributed by atoms with E-state index < -0.39 is 0 Å². The quantitative estimate of drug-likeness (QED) is 0.880. The minimum absolute atomic E-state index is 0.338. The molecule has 0 unspecified atom stereocenters. The molecule has 0 spiro atoms. The van der Waals surface area contributed by atoms with E-state index in [0.717, 1.165) is 0 Å². The molecule has 2 aromatic carbocycles. The fraction of sp³-hybridized carbons (Fsp3) is 0.188. The molecule has 0 radical (unpaired) electrons. The molecule has 0 saturated heterocycles. The summed E-state index contributed by atoms with van der Waals surface area (Å²) in [5.41, 5.74) is 1.28. The lowest BCUT2D eigenvalue weighted by Crippen LogP contribution is -2.19. The molecule has 0 heterocycles. The van der Waals surface area contributed by atoms with Crippen LogP contribution in [0.15, 0.2) is 48.5 Å². The Morgan fingerprint density at radius 2 is 1.90 bits per heavy atom. The number of nitrogens with one attached hydrogen (secondary N) is 2. The summed E-state index contributed by atoms with van der Waals surface area (Å²) in [5, 5.41) is 5.51. The number of hydrogen-bond donors (Lipinski definition) is 2. The summed E-state index contributed by atoms with van der Waals surface area (Å²) in [5.74, 6) is 1.32. The number of amides is 2. The third-order valence-corrected chi connectivity index (χ3v) is 2.76. The van der Waals surface area contributed by atoms with Crippen LogP contribution in [0.4, 0.5) is 16.2 Å². The fourth-order valence-corrected chi connectivity index (χ4v) is 1.84. The molecule has 2 amide bonds. The Morgan fingerprint density at radius 1 is 1.10 bits per heavy atom. The highest BCUT2D eigenvalue weighted by atomic mass is 16.5. The van der Waals surface area contributed by atoms with Crippen LogP contribution < -0.4 is 20.1 Å². The number of methoxy groups -OCH3 is 1. The second-order valence-electron chi connectivity index (χ2n) is 4.24. The molecule has 110 valence electrons. The highest BCUT2D eigenvalue weighted by Gasteiger charge is 2.07. The maximum Gasteiger partial charge on any atom is 0.323 e. The number of benzene rings is 2. The van der Waals surface area contributed by atoms with Gasteiger partial charge in [-0.05, 0) is 31.2 Å². The van der Waals surface area contributed by atoms with Crippen molar-refractivity contribution >= 4 is 17.4 Å². The number of para-hydroxylation sites is 2. The molecule has 2 N–H and O–H groups in total. The van der Waals surface area contributed by atoms with E-state index in [1.54, 1.807) is 25.3 Å². The molecule has 0 aliphatic heterocycles. The van der Waals surface area contributed by atoms with Crippen molar-refractivity contribution in [3.8, 4) is 11.5 Å². The van der Waals surface area contributed by atoms with Gasteiger partial charge in [0.1, 0.15) is 11.5 Å². The van der Waals surface area contributed by atoms with Gasteiger partial charge in [-0.25, -0.2) is 4.79 Å². The second-order valence-corrected chi connectivity index (χ2v) is 4.24. The average molecular weight is 286 g/mol. The van der Waals surface area contributed by atoms with Gasteiger partial charge in [-0.1, -0.05) is 18.2 Å². The van der Waals surface area contributed by atoms with Crippen molar-refractivity contribution in [3.63, 3.8) is 0 Å². The lowest BCUT2D eigenvalue weighted by atomic mass is 10.3. The number of ether oxygens (including phenoxy) is 2. The van der Waals surface area contributed by atoms with Gasteiger partial charge in [0.25, 0.3) is 0 Å². The molecular formula is C16H18N2O3. The fourth-order valence-electron chi connectivity index (χ4n) is 1.84. The summed E-state index contributed by atoms with van der Waals surface area (Å²) in [6.45, 7) is 2.43. The molecule has 5 heteroatoms. The van der Waals surface area contributed by atoms with Gasteiger partial charge in [0.15, 0.2) is 0 Å². The number of carbonyl (C=O) groups is 1. The van der Waals surface area contributed by atoms with E-state index in [1.807, 2.05) is 37.3 Å². The van der Waals surface area contributed by atoms with Gasteiger partial charge in [-0.2, -0.15) is 0 Å². The molecule has 0 bridgehead atoms. The van der Waals surface area contributed by atoms with Crippen molar-refractivity contribution in [2.24, 2.45) is 0 Å². The lowest BCUT2D eigenvalue weighted by molar-refractivity contribution is 0.262. The predicted molar refractivity (Wildman–Crippen MR) is 83.2 cm³/mol. The monoisotopic (exact) mass is 286 g/mol. The molecule has 0 aromatic heterocycles. The standard InChI is InChI=1S/C16H18N2O3/c1-3-21-15-10-5-4-9-14(15)18-16(19)17-12-7-6-8-13(11-12)20-2/h4-11H,3H2,1-2H3,(H2,17,18,19). The first-order valence-electron chi connectivity index (χ1n) is 6.67. The minimum Gasteiger partial charge on any atom is -0.497 e. The lowest BCUT2D eigenvalue weighted by Gasteiger charge is -2.12. The largest absolute Gasteiger partial charge is 0.497 e. The SMILES string of the molecule is CCOc1ccccc1NC(=O)Nc1cccc(OC)c1. The highest BCUT2D eigenvalue weighted by Crippen LogP contribution is 2.24. The van der Waals surface area contributed by atoms with Crippen LogP contribution in [-0.2, 0) is 0 Å². The molecule has 0 fully saturated rings. The Kier molecular flexibility index (Phi) is 5.04. The van der Waals surface area contributed by atoms with Crippen LogP contribution in [-0.4, -0.2) is 19.7 Å². The Balaban J connectivity index is 2.04. The summed E-state index contributed by atoms with van der Waals surface area (Å²) in [7, 11) is 1.58. The Hall–Kier alpha value is -2.69. The van der Waals surface area contributed by atoms with Crippen LogP contribution in [0.2, 0.25) is 0 Å². The Bertz CT molecular complexity index is 614. The zero-order valence-corrected chi connectivity index (χ0v) is 12.1. The number of anilines is 2. The van der Waals surface area contributed by atoms with E-state index in [2.05, 4.69) is 10.6 Å². The first-order chi connectivity index (χ1) is 10.2. The van der Waals surface area contributed by atoms with E-state index in [9.17, 15) is 4.79 Å². The maximum absolute atomic E-state index is 12.0. The molecule has 0 saturated carbocycles. The van der Waals surface area contributed by atoms with Gasteiger partial charge in [0.05, 0.1) is 19.4 Å². The van der Waals surface area contributed by atoms with Crippen molar-refractivity contribution in [2.75, 3.05) is 24.4 Å². The summed E-state index contributed by atoms with van der Waals surface area (Å²) in [6, 6.07) is 14.1. The molecule has 5 nitrogen and oxygen atoms in total. The second kappa shape index (κ2) is 7.19. The Morgan fingerprint density at radius 3 is 2.67 bits per heavy atom. The van der Waals surface area contributed by atoms with E-state index in [-0.39, 0.29) is 6.03 Å². The van der Waals surface area contributed by atoms with Gasteiger partial charge in [-0.3, -0.25) is 0 Å². The van der Waals surface area contributed by atoms with Crippen LogP contribution in [0, 0.1) is 0 Å². The van der Waals surface area contributed by atoms with Crippen molar-refractivity contribution < 1.29 is 14.3 Å². The molecule has 21 heavy (non-hydrogen) atoms. The molecule has 2 aromatic rings. The van der Waals surface area contributed by atoms with Crippen LogP contribution in [0.25, 0.3) is 0 Å². The predicted octanol–water partition coefficient (Wildman–Crippen LogP) is 3.74. The summed E-state index contributed by atoms with van der Waals surface area (Å²) >= 11 is 0. The normalized spacial score (nSPS) is 9.81. The number of rotatable bonds is 5. The van der Waals surface area contributed by atoms with Gasteiger partial charge < -0.3 is 20.1 Å². The highest BCUT2D eigenvalue weighted by molar-refractivity contribution is 6.00. The third-order valence-electron chi connectivity index (χ3n) is 2.76. The van der Waals surface area contributed by atoms with Gasteiger partial charge in [0, 0.05) is 11.8 Å². The zero-order chi connectivity index (χ0) is 15.1. The van der Waals surface area contributed by atoms with E-state index in [0.29, 0.717) is 29.5 Å². The van der Waals surface area contributed by atoms with Crippen molar-refractivity contribution in [2.45, 2.75) is 6.92 Å². The van der Waals surface area contributed by atoms with Crippen molar-refractivity contribution in [1.29, 1.82) is 0 Å². The van der Waals surface area contributed by atoms with Gasteiger partial charge in [-0.15, -0.1) is 0 Å². The van der Waals surface area contributed by atoms with Crippen LogP contribution in [0.3, 0.4) is 0 Å². The number of urea groups is 1. The molecule has 0 aliphatic carbocycles. The van der Waals surface area contributed by atoms with E-state index >= 15 is 0 Å². The van der Waals surface area contributed by atoms with E-state index in [1.165, 1.54) is 0 Å². The molecule has 2 rings (SSSR count). The topological polar surface area (TPSA) is 59.6 Å². The Labute approximate surface area is 123 Å². The van der Waals surface area contributed by atoms with Crippen molar-refractivity contribution in [1.82, 2.24) is 0 Å². The molecule has 0 aliphatic rings.